The Hall–Kier alpha value is -5.31. The molecule has 8 nitrogen and oxygen atoms in total. The van der Waals surface area contributed by atoms with Gasteiger partial charge in [0, 0.05) is 32.2 Å². The van der Waals surface area contributed by atoms with Gasteiger partial charge in [0.05, 0.1) is 69.4 Å². The fourth-order valence-corrected chi connectivity index (χ4v) is 24.3. The molecule has 9 fully saturated rings. The van der Waals surface area contributed by atoms with Crippen molar-refractivity contribution in [3.05, 3.63) is 160 Å². The summed E-state index contributed by atoms with van der Waals surface area (Å²) in [6, 6.07) is 53.3. The fraction of sp³-hybridized carbons (Fsp3) is 0.390. The molecule has 12 aromatic rings. The van der Waals surface area contributed by atoms with Crippen LogP contribution in [-0.4, -0.2) is 54.6 Å². The topological polar surface area (TPSA) is 96.2 Å². The standard InChI is InChI=1S/C82H78Cl4N8S/c83-70-65-37-54-31-46-25-42-21-20-41-24-45-28-49-29-47-26-43-22-39-10-1-2-11-40(39)23-44(43)27-48(47)30-50(49)32-52(45)35-63(41)64(42)36-53(46)33-51(54)34-55(65)38-66-69(70)71(84)72(85)73(86)74(66)95-67-19-9-18-62-68(67)82-93-80-61-17-8-7-16-60(61)78(91-80)89-76-57-13-4-3-12-56(57)75(87-76)88-77-58-14-5-6-15-59(58)79(90-77)92-81(62)94-82/h1-2,10-11,20-38,56-62,67-68,75-82,87-94H,3-9,12-19H2. The highest BCUT2D eigenvalue weighted by atomic mass is 35.5. The third kappa shape index (κ3) is 9.44. The summed E-state index contributed by atoms with van der Waals surface area (Å²) >= 11 is 32.1. The predicted molar refractivity (Wildman–Crippen MR) is 401 cm³/mol. The van der Waals surface area contributed by atoms with E-state index in [1.54, 1.807) is 0 Å². The van der Waals surface area contributed by atoms with E-state index in [9.17, 15) is 0 Å². The van der Waals surface area contributed by atoms with Crippen LogP contribution in [0.5, 0.6) is 0 Å². The van der Waals surface area contributed by atoms with Gasteiger partial charge >= 0.3 is 0 Å². The van der Waals surface area contributed by atoms with Crippen LogP contribution < -0.4 is 42.5 Å². The Kier molecular flexibility index (Phi) is 14.0. The maximum atomic E-state index is 7.78. The van der Waals surface area contributed by atoms with E-state index in [0.717, 1.165) is 50.1 Å². The van der Waals surface area contributed by atoms with Crippen molar-refractivity contribution >= 4 is 177 Å². The van der Waals surface area contributed by atoms with E-state index in [1.165, 1.54) is 170 Å². The average Bonchev–Trinajstić information content (AvgIpc) is 1.53. The zero-order valence-corrected chi connectivity index (χ0v) is 57.0. The van der Waals surface area contributed by atoms with Gasteiger partial charge in [0.1, 0.15) is 0 Å². The minimum atomic E-state index is 0.0781. The van der Waals surface area contributed by atoms with Crippen molar-refractivity contribution in [3.8, 4) is 0 Å². The first-order chi connectivity index (χ1) is 46.6. The largest absolute Gasteiger partial charge is 0.286 e. The SMILES string of the molecule is Clc1c(Cl)c(Cl)c2c(Cl)c3cc4cc5cc6ccc7cc8cc9cc%10cc%11cc%12ccccc%12cc%11cc%10cc9cc8cc7c6cc5cc4cc3cc2c1SC1CCCC2C3NC4NC(NC5NC(NC6NC(NC(N3)C12)C1CCCCC61)C1CCCCC51)C1CCCCC41. The van der Waals surface area contributed by atoms with Gasteiger partial charge in [-0.1, -0.05) is 128 Å². The van der Waals surface area contributed by atoms with Gasteiger partial charge in [0.25, 0.3) is 0 Å². The van der Waals surface area contributed by atoms with E-state index < -0.39 is 0 Å². The van der Waals surface area contributed by atoms with Crippen LogP contribution in [-0.2, 0) is 0 Å². The summed E-state index contributed by atoms with van der Waals surface area (Å²) in [5.41, 5.74) is 0. The second kappa shape index (κ2) is 22.6. The highest BCUT2D eigenvalue weighted by molar-refractivity contribution is 8.00. The molecule has 4 aliphatic carbocycles. The maximum Gasteiger partial charge on any atom is 0.0797 e. The summed E-state index contributed by atoms with van der Waals surface area (Å²) in [6.07, 6.45) is 20.8. The second-order valence-corrected chi connectivity index (χ2v) is 33.4. The minimum Gasteiger partial charge on any atom is -0.286 e. The van der Waals surface area contributed by atoms with Crippen molar-refractivity contribution in [3.63, 3.8) is 0 Å². The Morgan fingerprint density at radius 1 is 0.253 bits per heavy atom. The smallest absolute Gasteiger partial charge is 0.0797 e. The van der Waals surface area contributed by atoms with Gasteiger partial charge in [-0.25, -0.2) is 0 Å². The highest BCUT2D eigenvalue weighted by Crippen LogP contribution is 2.55. The van der Waals surface area contributed by atoms with Crippen LogP contribution in [0, 0.1) is 47.3 Å². The van der Waals surface area contributed by atoms with Crippen LogP contribution in [0.1, 0.15) is 96.3 Å². The molecule has 8 N–H and O–H groups in total. The molecular formula is C82H78Cl4N8S. The molecule has 95 heavy (non-hydrogen) atoms. The monoisotopic (exact) mass is 1350 g/mol. The van der Waals surface area contributed by atoms with Crippen LogP contribution in [0.3, 0.4) is 0 Å². The van der Waals surface area contributed by atoms with Crippen molar-refractivity contribution in [1.82, 2.24) is 42.5 Å². The molecule has 9 aliphatic rings. The lowest BCUT2D eigenvalue weighted by atomic mass is 9.76. The molecule has 4 saturated carbocycles. The first-order valence-electron chi connectivity index (χ1n) is 36.0. The van der Waals surface area contributed by atoms with E-state index in [-0.39, 0.29) is 42.2 Å². The lowest BCUT2D eigenvalue weighted by Crippen LogP contribution is -2.62. The first kappa shape index (κ1) is 58.6. The van der Waals surface area contributed by atoms with Gasteiger partial charge in [-0.2, -0.15) is 0 Å². The molecule has 8 bridgehead atoms. The third-order valence-electron chi connectivity index (χ3n) is 25.8. The van der Waals surface area contributed by atoms with Crippen LogP contribution >= 0.6 is 58.2 Å². The van der Waals surface area contributed by atoms with Crippen molar-refractivity contribution in [2.24, 2.45) is 47.3 Å². The van der Waals surface area contributed by atoms with E-state index in [4.69, 9.17) is 46.4 Å². The lowest BCUT2D eigenvalue weighted by Gasteiger charge is -2.39. The summed E-state index contributed by atoms with van der Waals surface area (Å²) in [7, 11) is 0. The number of rotatable bonds is 2. The van der Waals surface area contributed by atoms with Gasteiger partial charge in [-0.3, -0.25) is 42.5 Å². The van der Waals surface area contributed by atoms with E-state index in [1.807, 2.05) is 11.8 Å². The number of nitrogens with one attached hydrogen (secondary N) is 8. The Balaban J connectivity index is 0.637. The van der Waals surface area contributed by atoms with Gasteiger partial charge in [0.2, 0.25) is 0 Å². The summed E-state index contributed by atoms with van der Waals surface area (Å²) in [5, 5.41) is 62.9. The number of hydrogen-bond donors (Lipinski definition) is 8. The number of benzene rings is 12. The Bertz CT molecular complexity index is 5260. The normalized spacial score (nSPS) is 32.4. The zero-order valence-electron chi connectivity index (χ0n) is 53.1. The molecule has 480 valence electrons. The van der Waals surface area contributed by atoms with Gasteiger partial charge in [-0.05, 0) is 298 Å². The Labute approximate surface area is 577 Å². The average molecular weight is 1350 g/mol. The van der Waals surface area contributed by atoms with Crippen LogP contribution in [0.15, 0.2) is 144 Å². The van der Waals surface area contributed by atoms with Gasteiger partial charge in [0.15, 0.2) is 0 Å². The van der Waals surface area contributed by atoms with Gasteiger partial charge in [-0.15, -0.1) is 11.8 Å². The van der Waals surface area contributed by atoms with E-state index >= 15 is 0 Å². The second-order valence-electron chi connectivity index (χ2n) is 30.7. The Morgan fingerprint density at radius 2 is 0.568 bits per heavy atom. The van der Waals surface area contributed by atoms with Crippen molar-refractivity contribution < 1.29 is 0 Å². The van der Waals surface area contributed by atoms with Crippen molar-refractivity contribution in [2.75, 3.05) is 0 Å². The number of hydrogen-bond acceptors (Lipinski definition) is 9. The minimum absolute atomic E-state index is 0.0781. The first-order valence-corrected chi connectivity index (χ1v) is 38.4. The molecule has 21 rings (SSSR count). The molecule has 0 aromatic heterocycles. The fourth-order valence-electron chi connectivity index (χ4n) is 21.3. The molecule has 12 aromatic carbocycles. The van der Waals surface area contributed by atoms with Gasteiger partial charge < -0.3 is 0 Å². The summed E-state index contributed by atoms with van der Waals surface area (Å²) in [5.74, 6) is 4.34. The molecule has 17 unspecified atom stereocenters. The summed E-state index contributed by atoms with van der Waals surface area (Å²) in [6.45, 7) is 0. The molecular weight excluding hydrogens is 1270 g/mol. The number of thioether (sulfide) groups is 1. The summed E-state index contributed by atoms with van der Waals surface area (Å²) < 4.78 is 0. The molecule has 5 saturated heterocycles. The molecule has 5 aliphatic heterocycles. The van der Waals surface area contributed by atoms with Crippen LogP contribution in [0.2, 0.25) is 20.1 Å². The molecule has 0 spiro atoms. The molecule has 13 heteroatoms. The zero-order chi connectivity index (χ0) is 62.6. The predicted octanol–water partition coefficient (Wildman–Crippen LogP) is 19.7. The number of halogens is 4. The number of fused-ring (bicyclic) bond motifs is 32. The third-order valence-corrected chi connectivity index (χ3v) is 29.1. The quantitative estimate of drug-likeness (QED) is 0.0489. The van der Waals surface area contributed by atoms with E-state index in [2.05, 4.69) is 182 Å². The lowest BCUT2D eigenvalue weighted by molar-refractivity contribution is 0.169. The molecule has 17 atom stereocenters. The summed E-state index contributed by atoms with van der Waals surface area (Å²) in [4.78, 5) is 0.975. The molecule has 5 heterocycles. The van der Waals surface area contributed by atoms with Crippen molar-refractivity contribution in [2.45, 2.75) is 156 Å². The highest BCUT2D eigenvalue weighted by Gasteiger charge is 2.56. The molecule has 0 radical (unpaired) electrons. The van der Waals surface area contributed by atoms with Crippen molar-refractivity contribution in [1.29, 1.82) is 0 Å². The molecule has 0 amide bonds. The van der Waals surface area contributed by atoms with Crippen LogP contribution in [0.4, 0.5) is 0 Å². The Morgan fingerprint density at radius 3 is 0.979 bits per heavy atom. The van der Waals surface area contributed by atoms with Crippen LogP contribution in [0.25, 0.3) is 118 Å². The van der Waals surface area contributed by atoms with E-state index in [0.29, 0.717) is 79.8 Å². The maximum absolute atomic E-state index is 7.78.